The Kier molecular flexibility index (Phi) is 5.87. The maximum Gasteiger partial charge on any atom is 0.152 e. The van der Waals surface area contributed by atoms with Crippen LogP contribution in [0.3, 0.4) is 0 Å². The molecule has 0 atom stereocenters. The summed E-state index contributed by atoms with van der Waals surface area (Å²) in [4.78, 5) is 6.44. The fourth-order valence-corrected chi connectivity index (χ4v) is 2.63. The molecule has 1 saturated heterocycles. The Hall–Kier alpha value is -2.92. The quantitative estimate of drug-likeness (QED) is 0.630. The highest BCUT2D eigenvalue weighted by molar-refractivity contribution is 5.48. The first-order chi connectivity index (χ1) is 11.6. The minimum absolute atomic E-state index is 0.171. The summed E-state index contributed by atoms with van der Waals surface area (Å²) in [7, 11) is 3.91. The van der Waals surface area contributed by atoms with Crippen LogP contribution in [0.5, 0.6) is 0 Å². The van der Waals surface area contributed by atoms with Crippen molar-refractivity contribution >= 4 is 5.69 Å². The molecule has 0 unspecified atom stereocenters. The van der Waals surface area contributed by atoms with Gasteiger partial charge in [-0.3, -0.25) is 0 Å². The Bertz CT molecular complexity index is 680. The summed E-state index contributed by atoms with van der Waals surface area (Å²) in [6.07, 6.45) is 1.93. The summed E-state index contributed by atoms with van der Waals surface area (Å²) >= 11 is 0. The third-order valence-electron chi connectivity index (χ3n) is 4.27. The summed E-state index contributed by atoms with van der Waals surface area (Å²) in [5, 5.41) is 18.6. The molecule has 5 heteroatoms. The van der Waals surface area contributed by atoms with Gasteiger partial charge in [0, 0.05) is 51.7 Å². The molecule has 0 N–H and O–H groups in total. The number of nitriles is 2. The van der Waals surface area contributed by atoms with Gasteiger partial charge in [0.05, 0.1) is 5.70 Å². The van der Waals surface area contributed by atoms with Crippen LogP contribution in [0.25, 0.3) is 0 Å². The van der Waals surface area contributed by atoms with E-state index in [-0.39, 0.29) is 5.57 Å². The third kappa shape index (κ3) is 4.08. The molecule has 1 fully saturated rings. The Morgan fingerprint density at radius 2 is 1.62 bits per heavy atom. The average molecular weight is 321 g/mol. The minimum Gasteiger partial charge on any atom is -0.381 e. The molecule has 1 aromatic rings. The Balaban J connectivity index is 2.20. The molecule has 0 amide bonds. The first kappa shape index (κ1) is 17.4. The Morgan fingerprint density at radius 3 is 2.12 bits per heavy atom. The highest BCUT2D eigenvalue weighted by Gasteiger charge is 2.21. The van der Waals surface area contributed by atoms with E-state index in [2.05, 4.69) is 21.9 Å². The summed E-state index contributed by atoms with van der Waals surface area (Å²) in [5.74, 6) is 0. The molecule has 0 bridgehead atoms. The molecule has 24 heavy (non-hydrogen) atoms. The van der Waals surface area contributed by atoms with Crippen molar-refractivity contribution in [2.75, 3.05) is 45.2 Å². The van der Waals surface area contributed by atoms with Crippen LogP contribution in [0, 0.1) is 22.7 Å². The van der Waals surface area contributed by atoms with Gasteiger partial charge in [-0.25, -0.2) is 0 Å². The van der Waals surface area contributed by atoms with E-state index in [1.807, 2.05) is 62.3 Å². The minimum atomic E-state index is 0.171. The number of hydrogen-bond donors (Lipinski definition) is 0. The standard InChI is InChI=1S/C19H23N5/c1-16(22(2)3)13-19(17(14-20)15-21)24-11-9-23(10-12-24)18-7-5-4-6-8-18/h4-8,13H,9-12H2,1-3H3/b16-13+. The van der Waals surface area contributed by atoms with Crippen LogP contribution in [0.4, 0.5) is 5.69 Å². The number of nitrogens with zero attached hydrogens (tertiary/aromatic N) is 5. The molecular formula is C19H23N5. The van der Waals surface area contributed by atoms with Crippen LogP contribution in [0.1, 0.15) is 6.92 Å². The molecule has 1 aromatic carbocycles. The number of piperazine rings is 1. The summed E-state index contributed by atoms with van der Waals surface area (Å²) in [6.45, 7) is 5.29. The number of para-hydroxylation sites is 1. The highest BCUT2D eigenvalue weighted by atomic mass is 15.3. The van der Waals surface area contributed by atoms with E-state index in [9.17, 15) is 10.5 Å². The summed E-state index contributed by atoms with van der Waals surface area (Å²) in [5.41, 5.74) is 3.12. The number of anilines is 1. The maximum absolute atomic E-state index is 9.30. The number of hydrogen-bond acceptors (Lipinski definition) is 5. The zero-order chi connectivity index (χ0) is 17.5. The molecule has 1 aliphatic heterocycles. The van der Waals surface area contributed by atoms with Crippen LogP contribution >= 0.6 is 0 Å². The number of rotatable bonds is 4. The number of benzene rings is 1. The first-order valence-corrected chi connectivity index (χ1v) is 8.02. The van der Waals surface area contributed by atoms with Gasteiger partial charge in [0.1, 0.15) is 12.1 Å². The molecule has 0 saturated carbocycles. The van der Waals surface area contributed by atoms with Gasteiger partial charge < -0.3 is 14.7 Å². The normalized spacial score (nSPS) is 14.6. The van der Waals surface area contributed by atoms with Crippen LogP contribution in [0.2, 0.25) is 0 Å². The van der Waals surface area contributed by atoms with E-state index >= 15 is 0 Å². The molecule has 0 spiro atoms. The molecule has 2 rings (SSSR count). The van der Waals surface area contributed by atoms with Gasteiger partial charge in [0.15, 0.2) is 5.57 Å². The van der Waals surface area contributed by atoms with Gasteiger partial charge in [0.2, 0.25) is 0 Å². The predicted octanol–water partition coefficient (Wildman–Crippen LogP) is 2.58. The van der Waals surface area contributed by atoms with Crippen molar-refractivity contribution in [1.82, 2.24) is 9.80 Å². The Morgan fingerprint density at radius 1 is 1.04 bits per heavy atom. The van der Waals surface area contributed by atoms with Gasteiger partial charge in [-0.05, 0) is 25.1 Å². The average Bonchev–Trinajstić information content (AvgIpc) is 2.62. The molecule has 0 radical (unpaired) electrons. The topological polar surface area (TPSA) is 57.3 Å². The van der Waals surface area contributed by atoms with E-state index in [1.165, 1.54) is 5.69 Å². The van der Waals surface area contributed by atoms with Crippen molar-refractivity contribution in [2.24, 2.45) is 0 Å². The fraction of sp³-hybridized carbons (Fsp3) is 0.368. The lowest BCUT2D eigenvalue weighted by atomic mass is 10.1. The van der Waals surface area contributed by atoms with Crippen molar-refractivity contribution in [3.05, 3.63) is 53.4 Å². The van der Waals surface area contributed by atoms with Gasteiger partial charge in [-0.2, -0.15) is 10.5 Å². The van der Waals surface area contributed by atoms with Gasteiger partial charge in [-0.1, -0.05) is 18.2 Å². The molecule has 1 aliphatic rings. The van der Waals surface area contributed by atoms with E-state index in [0.29, 0.717) is 0 Å². The second-order valence-corrected chi connectivity index (χ2v) is 5.97. The van der Waals surface area contributed by atoms with Crippen molar-refractivity contribution in [1.29, 1.82) is 10.5 Å². The smallest absolute Gasteiger partial charge is 0.152 e. The zero-order valence-corrected chi connectivity index (χ0v) is 14.5. The molecule has 5 nitrogen and oxygen atoms in total. The zero-order valence-electron chi connectivity index (χ0n) is 14.5. The van der Waals surface area contributed by atoms with E-state index < -0.39 is 0 Å². The second-order valence-electron chi connectivity index (χ2n) is 5.97. The van der Waals surface area contributed by atoms with Gasteiger partial charge in [-0.15, -0.1) is 0 Å². The lowest BCUT2D eigenvalue weighted by molar-refractivity contribution is 0.328. The van der Waals surface area contributed by atoms with E-state index in [1.54, 1.807) is 0 Å². The van der Waals surface area contributed by atoms with Crippen molar-refractivity contribution in [3.63, 3.8) is 0 Å². The van der Waals surface area contributed by atoms with E-state index in [0.717, 1.165) is 37.6 Å². The van der Waals surface area contributed by atoms with Crippen LogP contribution in [-0.4, -0.2) is 50.1 Å². The van der Waals surface area contributed by atoms with E-state index in [4.69, 9.17) is 0 Å². The van der Waals surface area contributed by atoms with Crippen molar-refractivity contribution in [3.8, 4) is 12.1 Å². The lowest BCUT2D eigenvalue weighted by Crippen LogP contribution is -2.46. The van der Waals surface area contributed by atoms with Crippen molar-refractivity contribution in [2.45, 2.75) is 6.92 Å². The molecular weight excluding hydrogens is 298 g/mol. The largest absolute Gasteiger partial charge is 0.381 e. The monoisotopic (exact) mass is 321 g/mol. The summed E-state index contributed by atoms with van der Waals surface area (Å²) in [6, 6.07) is 14.4. The SMILES string of the molecule is C/C(=C\C(=C(C#N)C#N)N1CCN(c2ccccc2)CC1)N(C)C. The van der Waals surface area contributed by atoms with Crippen LogP contribution < -0.4 is 4.90 Å². The van der Waals surface area contributed by atoms with Gasteiger partial charge >= 0.3 is 0 Å². The first-order valence-electron chi connectivity index (χ1n) is 8.02. The second kappa shape index (κ2) is 8.08. The lowest BCUT2D eigenvalue weighted by Gasteiger charge is -2.38. The molecule has 1 heterocycles. The molecule has 0 aromatic heterocycles. The van der Waals surface area contributed by atoms with Gasteiger partial charge in [0.25, 0.3) is 0 Å². The molecule has 124 valence electrons. The maximum atomic E-state index is 9.30. The Labute approximate surface area is 144 Å². The third-order valence-corrected chi connectivity index (χ3v) is 4.27. The highest BCUT2D eigenvalue weighted by Crippen LogP contribution is 2.20. The fourth-order valence-electron chi connectivity index (χ4n) is 2.63. The predicted molar refractivity (Wildman–Crippen MR) is 95.9 cm³/mol. The summed E-state index contributed by atoms with van der Waals surface area (Å²) < 4.78 is 0. The van der Waals surface area contributed by atoms with Crippen LogP contribution in [-0.2, 0) is 0 Å². The molecule has 0 aliphatic carbocycles. The number of allylic oxidation sites excluding steroid dienone is 3. The van der Waals surface area contributed by atoms with Crippen molar-refractivity contribution < 1.29 is 0 Å². The van der Waals surface area contributed by atoms with Crippen LogP contribution in [0.15, 0.2) is 53.4 Å².